The molecule has 1 aliphatic rings. The number of allylic oxidation sites excluding steroid dienone is 1. The minimum atomic E-state index is -2.37. The third-order valence-electron chi connectivity index (χ3n) is 6.40. The Morgan fingerprint density at radius 2 is 1.65 bits per heavy atom. The summed E-state index contributed by atoms with van der Waals surface area (Å²) in [6.45, 7) is 3.45. The van der Waals surface area contributed by atoms with Crippen molar-refractivity contribution in [3.8, 4) is 34.8 Å². The normalized spacial score (nSPS) is 14.1. The van der Waals surface area contributed by atoms with Gasteiger partial charge in [-0.2, -0.15) is 14.0 Å². The summed E-state index contributed by atoms with van der Waals surface area (Å²) < 4.78 is 94.3. The van der Waals surface area contributed by atoms with E-state index in [1.165, 1.54) is 25.3 Å². The molecule has 0 saturated heterocycles. The van der Waals surface area contributed by atoms with E-state index >= 15 is 0 Å². The fourth-order valence-electron chi connectivity index (χ4n) is 4.23. The summed E-state index contributed by atoms with van der Waals surface area (Å²) in [6.07, 6.45) is 0.840. The van der Waals surface area contributed by atoms with Gasteiger partial charge in [0.15, 0.2) is 23.9 Å². The quantitative estimate of drug-likeness (QED) is 0.0984. The van der Waals surface area contributed by atoms with Gasteiger partial charge < -0.3 is 29.4 Å². The second-order valence-corrected chi connectivity index (χ2v) is 9.73. The van der Waals surface area contributed by atoms with Crippen LogP contribution in [0.3, 0.4) is 0 Å². The monoisotopic (exact) mass is 604 g/mol. The van der Waals surface area contributed by atoms with Gasteiger partial charge in [0.25, 0.3) is 0 Å². The van der Waals surface area contributed by atoms with E-state index in [1.807, 2.05) is 0 Å². The minimum Gasteiger partial charge on any atom is -0.493 e. The van der Waals surface area contributed by atoms with E-state index in [4.69, 9.17) is 24.7 Å². The zero-order chi connectivity index (χ0) is 31.4. The maximum absolute atomic E-state index is 13.8. The van der Waals surface area contributed by atoms with Crippen molar-refractivity contribution in [1.29, 1.82) is 5.26 Å². The standard InChI is InChI=1S/C30H25F5N2O6/c1-14(2)8-9-40-19-7-4-15(10-21(19)39-3)23-17-6-5-16(11-20(17)43-30(37)18(23)12-36)42-22(38)13-41-29-27(34)25(32)24(31)26(33)28(29)35/h4-7,10-11,14,23H,8-9,13,37H2,1-3H3. The van der Waals surface area contributed by atoms with Gasteiger partial charge in [0.05, 0.1) is 19.6 Å². The first-order valence-corrected chi connectivity index (χ1v) is 12.8. The van der Waals surface area contributed by atoms with Gasteiger partial charge in [0.2, 0.25) is 35.0 Å². The molecule has 1 heterocycles. The maximum Gasteiger partial charge on any atom is 0.349 e. The number of nitriles is 1. The first-order chi connectivity index (χ1) is 20.5. The summed E-state index contributed by atoms with van der Waals surface area (Å²) in [4.78, 5) is 12.3. The van der Waals surface area contributed by atoms with Crippen molar-refractivity contribution >= 4 is 5.97 Å². The Balaban J connectivity index is 1.56. The van der Waals surface area contributed by atoms with E-state index < -0.39 is 53.3 Å². The lowest BCUT2D eigenvalue weighted by Gasteiger charge is -2.27. The number of benzene rings is 3. The van der Waals surface area contributed by atoms with Gasteiger partial charge >= 0.3 is 5.97 Å². The Morgan fingerprint density at radius 3 is 2.28 bits per heavy atom. The van der Waals surface area contributed by atoms with Crippen LogP contribution in [0.25, 0.3) is 0 Å². The number of fused-ring (bicyclic) bond motifs is 1. The molecule has 1 unspecified atom stereocenters. The van der Waals surface area contributed by atoms with E-state index in [9.17, 15) is 32.0 Å². The molecule has 1 atom stereocenters. The van der Waals surface area contributed by atoms with Crippen molar-refractivity contribution in [2.24, 2.45) is 11.7 Å². The van der Waals surface area contributed by atoms with Crippen molar-refractivity contribution in [2.45, 2.75) is 26.2 Å². The first kappa shape index (κ1) is 31.0. The summed E-state index contributed by atoms with van der Waals surface area (Å²) in [6, 6.07) is 11.4. The number of hydrogen-bond donors (Lipinski definition) is 1. The highest BCUT2D eigenvalue weighted by molar-refractivity contribution is 5.74. The van der Waals surface area contributed by atoms with Gasteiger partial charge in [-0.3, -0.25) is 0 Å². The van der Waals surface area contributed by atoms with Crippen LogP contribution in [0.5, 0.6) is 28.7 Å². The highest BCUT2D eigenvalue weighted by Gasteiger charge is 2.32. The van der Waals surface area contributed by atoms with E-state index in [0.29, 0.717) is 35.2 Å². The summed E-state index contributed by atoms with van der Waals surface area (Å²) in [7, 11) is 1.48. The van der Waals surface area contributed by atoms with Gasteiger partial charge in [-0.1, -0.05) is 26.0 Å². The number of nitrogens with zero attached hydrogens (tertiary/aromatic N) is 1. The number of carbonyl (C=O) groups is 1. The molecule has 0 saturated carbocycles. The fourth-order valence-corrected chi connectivity index (χ4v) is 4.23. The Bertz CT molecular complexity index is 1610. The van der Waals surface area contributed by atoms with Crippen LogP contribution in [0, 0.1) is 46.3 Å². The second kappa shape index (κ2) is 12.9. The summed E-state index contributed by atoms with van der Waals surface area (Å²) in [5, 5.41) is 9.85. The predicted octanol–water partition coefficient (Wildman–Crippen LogP) is 6.02. The molecule has 4 rings (SSSR count). The fraction of sp³-hybridized carbons (Fsp3) is 0.267. The third kappa shape index (κ3) is 6.43. The van der Waals surface area contributed by atoms with Crippen LogP contribution in [-0.4, -0.2) is 26.3 Å². The number of carbonyl (C=O) groups excluding carboxylic acids is 1. The van der Waals surface area contributed by atoms with Crippen LogP contribution in [0.2, 0.25) is 0 Å². The average Bonchev–Trinajstić information content (AvgIpc) is 2.98. The molecule has 3 aromatic carbocycles. The number of halogens is 5. The summed E-state index contributed by atoms with van der Waals surface area (Å²) in [5.74, 6) is -13.6. The van der Waals surface area contributed by atoms with E-state index in [-0.39, 0.29) is 23.0 Å². The van der Waals surface area contributed by atoms with Crippen LogP contribution < -0.4 is 29.4 Å². The third-order valence-corrected chi connectivity index (χ3v) is 6.40. The molecule has 0 bridgehead atoms. The van der Waals surface area contributed by atoms with Crippen LogP contribution in [0.1, 0.15) is 37.3 Å². The molecule has 3 aromatic rings. The highest BCUT2D eigenvalue weighted by Crippen LogP contribution is 2.45. The number of nitrogens with two attached hydrogens (primary N) is 1. The van der Waals surface area contributed by atoms with Crippen molar-refractivity contribution in [3.63, 3.8) is 0 Å². The second-order valence-electron chi connectivity index (χ2n) is 9.73. The predicted molar refractivity (Wildman–Crippen MR) is 141 cm³/mol. The number of ether oxygens (including phenoxy) is 5. The molecule has 1 aliphatic heterocycles. The molecule has 0 aliphatic carbocycles. The first-order valence-electron chi connectivity index (χ1n) is 12.8. The number of rotatable bonds is 10. The molecule has 0 spiro atoms. The smallest absolute Gasteiger partial charge is 0.349 e. The number of methoxy groups -OCH3 is 1. The Morgan fingerprint density at radius 1 is 0.977 bits per heavy atom. The largest absolute Gasteiger partial charge is 0.493 e. The minimum absolute atomic E-state index is 0.115. The highest BCUT2D eigenvalue weighted by atomic mass is 19.2. The maximum atomic E-state index is 13.8. The van der Waals surface area contributed by atoms with Crippen LogP contribution in [0.4, 0.5) is 22.0 Å². The van der Waals surface area contributed by atoms with Crippen molar-refractivity contribution in [2.75, 3.05) is 20.3 Å². The molecule has 2 N–H and O–H groups in total. The molecule has 0 fully saturated rings. The molecular weight excluding hydrogens is 579 g/mol. The van der Waals surface area contributed by atoms with Gasteiger partial charge in [-0.15, -0.1) is 0 Å². The van der Waals surface area contributed by atoms with E-state index in [1.54, 1.807) is 18.2 Å². The molecule has 0 aromatic heterocycles. The van der Waals surface area contributed by atoms with Gasteiger partial charge in [-0.25, -0.2) is 18.0 Å². The average molecular weight is 605 g/mol. The Hall–Kier alpha value is -4.99. The zero-order valence-corrected chi connectivity index (χ0v) is 23.1. The van der Waals surface area contributed by atoms with Crippen LogP contribution in [-0.2, 0) is 4.79 Å². The number of esters is 1. The Labute approximate surface area is 243 Å². The molecule has 8 nitrogen and oxygen atoms in total. The molecule has 0 amide bonds. The van der Waals surface area contributed by atoms with Gasteiger partial charge in [0.1, 0.15) is 23.1 Å². The lowest BCUT2D eigenvalue weighted by atomic mass is 9.83. The summed E-state index contributed by atoms with van der Waals surface area (Å²) >= 11 is 0. The van der Waals surface area contributed by atoms with Crippen LogP contribution >= 0.6 is 0 Å². The SMILES string of the molecule is COc1cc(C2C(C#N)=C(N)Oc3cc(OC(=O)COc4c(F)c(F)c(F)c(F)c4F)ccc32)ccc1OCCC(C)C. The van der Waals surface area contributed by atoms with Gasteiger partial charge in [0, 0.05) is 11.6 Å². The van der Waals surface area contributed by atoms with E-state index in [2.05, 4.69) is 24.7 Å². The molecule has 13 heteroatoms. The molecule has 43 heavy (non-hydrogen) atoms. The number of hydrogen-bond acceptors (Lipinski definition) is 8. The lowest BCUT2D eigenvalue weighted by Crippen LogP contribution is -2.22. The molecular formula is C30H25F5N2O6. The summed E-state index contributed by atoms with van der Waals surface area (Å²) in [5.41, 5.74) is 7.27. The lowest BCUT2D eigenvalue weighted by molar-refractivity contribution is -0.136. The molecule has 0 radical (unpaired) electrons. The Kier molecular flexibility index (Phi) is 9.28. The van der Waals surface area contributed by atoms with Crippen molar-refractivity contribution in [1.82, 2.24) is 0 Å². The van der Waals surface area contributed by atoms with E-state index in [0.717, 1.165) is 6.42 Å². The van der Waals surface area contributed by atoms with Gasteiger partial charge in [-0.05, 0) is 36.1 Å². The van der Waals surface area contributed by atoms with Crippen molar-refractivity contribution in [3.05, 3.63) is 88.1 Å². The van der Waals surface area contributed by atoms with Crippen LogP contribution in [0.15, 0.2) is 47.9 Å². The zero-order valence-electron chi connectivity index (χ0n) is 23.1. The topological polar surface area (TPSA) is 113 Å². The molecule has 226 valence electrons. The van der Waals surface area contributed by atoms with Crippen molar-refractivity contribution < 1.29 is 50.4 Å².